The number of ether oxygens (including phenoxy) is 6. The molecule has 3 aliphatic heterocycles. The molecule has 2 atom stereocenters. The lowest BCUT2D eigenvalue weighted by Gasteiger charge is -2.59. The Bertz CT molecular complexity index is 970. The third kappa shape index (κ3) is 6.41. The first-order valence-corrected chi connectivity index (χ1v) is 13.8. The Hall–Kier alpha value is -2.24. The van der Waals surface area contributed by atoms with Crippen molar-refractivity contribution in [1.29, 1.82) is 0 Å². The second-order valence-corrected chi connectivity index (χ2v) is 11.9. The van der Waals surface area contributed by atoms with E-state index in [1.165, 1.54) is 0 Å². The minimum Gasteiger partial charge on any atom is -0.491 e. The highest BCUT2D eigenvalue weighted by atomic mass is 16.7. The number of esters is 2. The van der Waals surface area contributed by atoms with E-state index in [0.717, 1.165) is 17.9 Å². The molecule has 1 aromatic rings. The molecule has 0 N–H and O–H groups in total. The Morgan fingerprint density at radius 1 is 0.949 bits per heavy atom. The maximum Gasteiger partial charge on any atom is 0.328 e. The van der Waals surface area contributed by atoms with Crippen molar-refractivity contribution in [2.75, 3.05) is 39.6 Å². The summed E-state index contributed by atoms with van der Waals surface area (Å²) in [5.74, 6) is -1.58. The first-order valence-electron chi connectivity index (χ1n) is 13.8. The number of epoxide rings is 1. The molecule has 1 spiro atoms. The predicted octanol–water partition coefficient (Wildman–Crippen LogP) is 3.97. The number of nitrogens with zero attached hydrogens (tertiary/aromatic N) is 1. The summed E-state index contributed by atoms with van der Waals surface area (Å²) in [6.45, 7) is 15.0. The molecule has 0 saturated carbocycles. The molecule has 4 rings (SSSR count). The van der Waals surface area contributed by atoms with Crippen LogP contribution >= 0.6 is 0 Å². The number of carbonyl (C=O) groups excluding carboxylic acids is 2. The third-order valence-electron chi connectivity index (χ3n) is 7.45. The van der Waals surface area contributed by atoms with Crippen LogP contribution in [0.5, 0.6) is 5.75 Å². The molecule has 0 bridgehead atoms. The van der Waals surface area contributed by atoms with Gasteiger partial charge in [0.25, 0.3) is 0 Å². The van der Waals surface area contributed by atoms with Gasteiger partial charge in [0, 0.05) is 23.9 Å². The fourth-order valence-electron chi connectivity index (χ4n) is 5.69. The zero-order valence-electron chi connectivity index (χ0n) is 24.2. The van der Waals surface area contributed by atoms with Gasteiger partial charge in [-0.25, -0.2) is 0 Å². The van der Waals surface area contributed by atoms with E-state index in [1.807, 2.05) is 36.3 Å². The van der Waals surface area contributed by atoms with Crippen LogP contribution in [-0.4, -0.2) is 79.6 Å². The highest BCUT2D eigenvalue weighted by Crippen LogP contribution is 2.50. The van der Waals surface area contributed by atoms with Crippen molar-refractivity contribution in [3.63, 3.8) is 0 Å². The Morgan fingerprint density at radius 2 is 1.46 bits per heavy atom. The molecule has 218 valence electrons. The van der Waals surface area contributed by atoms with Crippen LogP contribution in [0.15, 0.2) is 24.3 Å². The number of piperidine rings is 1. The predicted molar refractivity (Wildman–Crippen MR) is 141 cm³/mol. The Morgan fingerprint density at radius 3 is 1.92 bits per heavy atom. The molecular weight excluding hydrogens is 506 g/mol. The summed E-state index contributed by atoms with van der Waals surface area (Å²) in [5, 5.41) is 2.02. The molecule has 2 unspecified atom stereocenters. The minimum atomic E-state index is -1.64. The van der Waals surface area contributed by atoms with Crippen molar-refractivity contribution in [3.8, 4) is 5.75 Å². The summed E-state index contributed by atoms with van der Waals surface area (Å²) in [6.07, 6.45) is 0.927. The molecule has 0 aliphatic carbocycles. The van der Waals surface area contributed by atoms with Crippen molar-refractivity contribution in [3.05, 3.63) is 29.8 Å². The van der Waals surface area contributed by atoms with Gasteiger partial charge in [-0.3, -0.25) is 14.4 Å². The van der Waals surface area contributed by atoms with Gasteiger partial charge in [-0.15, -0.1) is 0 Å². The largest absolute Gasteiger partial charge is 0.491 e. The lowest BCUT2D eigenvalue weighted by Crippen LogP contribution is -2.69. The van der Waals surface area contributed by atoms with E-state index < -0.39 is 34.2 Å². The van der Waals surface area contributed by atoms with Gasteiger partial charge in [0.2, 0.25) is 5.41 Å². The molecule has 39 heavy (non-hydrogen) atoms. The van der Waals surface area contributed by atoms with E-state index in [4.69, 9.17) is 33.3 Å². The van der Waals surface area contributed by atoms with Crippen molar-refractivity contribution in [2.45, 2.75) is 90.4 Å². The first kappa shape index (κ1) is 29.7. The topological polar surface area (TPSA) is 105 Å². The van der Waals surface area contributed by atoms with Gasteiger partial charge in [0.05, 0.1) is 33.0 Å². The second-order valence-electron chi connectivity index (χ2n) is 11.9. The Balaban J connectivity index is 1.44. The van der Waals surface area contributed by atoms with E-state index >= 15 is 0 Å². The van der Waals surface area contributed by atoms with Crippen LogP contribution in [0, 0.1) is 5.41 Å². The SMILES string of the molecule is CCOC(=O)C1(C(=O)OCC)COC2(CC(C)(C)N(OC(C)c3ccc(OCC4CO4)cc3)C(C)(C)C2)OC1. The maximum absolute atomic E-state index is 12.8. The average Bonchev–Trinajstić information content (AvgIpc) is 3.70. The molecule has 0 aromatic heterocycles. The first-order chi connectivity index (χ1) is 18.4. The molecule has 0 radical (unpaired) electrons. The van der Waals surface area contributed by atoms with E-state index in [9.17, 15) is 9.59 Å². The zero-order valence-corrected chi connectivity index (χ0v) is 24.2. The molecule has 10 heteroatoms. The van der Waals surface area contributed by atoms with Crippen molar-refractivity contribution in [2.24, 2.45) is 5.41 Å². The highest BCUT2D eigenvalue weighted by molar-refractivity contribution is 6.00. The normalized spacial score (nSPS) is 25.5. The van der Waals surface area contributed by atoms with Crippen molar-refractivity contribution in [1.82, 2.24) is 5.06 Å². The van der Waals surface area contributed by atoms with E-state index in [1.54, 1.807) is 13.8 Å². The van der Waals surface area contributed by atoms with Crippen molar-refractivity contribution < 1.29 is 42.8 Å². The number of rotatable bonds is 10. The number of hydroxylamine groups is 2. The van der Waals surface area contributed by atoms with Gasteiger partial charge in [0.15, 0.2) is 5.79 Å². The quantitative estimate of drug-likeness (QED) is 0.242. The van der Waals surface area contributed by atoms with Crippen LogP contribution in [0.25, 0.3) is 0 Å². The maximum atomic E-state index is 12.8. The summed E-state index contributed by atoms with van der Waals surface area (Å²) < 4.78 is 34.0. The standard InChI is InChI=1S/C29H43NO9/c1-8-33-24(31)28(25(32)34-9-2)18-37-29(38-19-28)16-26(4,5)30(27(6,7)17-29)39-20(3)21-10-12-22(13-11-21)35-14-23-15-36-23/h10-13,20,23H,8-9,14-19H2,1-7H3. The third-order valence-corrected chi connectivity index (χ3v) is 7.45. The number of hydrogen-bond acceptors (Lipinski definition) is 10. The highest BCUT2D eigenvalue weighted by Gasteiger charge is 2.62. The number of carbonyl (C=O) groups is 2. The van der Waals surface area contributed by atoms with Gasteiger partial charge < -0.3 is 28.4 Å². The lowest BCUT2D eigenvalue weighted by atomic mass is 9.76. The summed E-state index contributed by atoms with van der Waals surface area (Å²) in [4.78, 5) is 32.3. The Labute approximate surface area is 231 Å². The summed E-state index contributed by atoms with van der Waals surface area (Å²) >= 11 is 0. The van der Waals surface area contributed by atoms with Crippen LogP contribution in [0.2, 0.25) is 0 Å². The zero-order chi connectivity index (χ0) is 28.5. The Kier molecular flexibility index (Phi) is 8.64. The fraction of sp³-hybridized carbons (Fsp3) is 0.724. The lowest BCUT2D eigenvalue weighted by molar-refractivity contribution is -0.386. The second kappa shape index (κ2) is 11.3. The summed E-state index contributed by atoms with van der Waals surface area (Å²) in [5.41, 5.74) is -1.63. The fourth-order valence-corrected chi connectivity index (χ4v) is 5.69. The molecule has 3 saturated heterocycles. The van der Waals surface area contributed by atoms with Gasteiger partial charge in [-0.1, -0.05) is 12.1 Å². The summed E-state index contributed by atoms with van der Waals surface area (Å²) in [7, 11) is 0. The number of hydrogen-bond donors (Lipinski definition) is 0. The van der Waals surface area contributed by atoms with Crippen LogP contribution < -0.4 is 4.74 Å². The molecule has 0 amide bonds. The van der Waals surface area contributed by atoms with Gasteiger partial charge in [0.1, 0.15) is 24.6 Å². The summed E-state index contributed by atoms with van der Waals surface area (Å²) in [6, 6.07) is 7.91. The molecule has 3 aliphatic rings. The van der Waals surface area contributed by atoms with Crippen molar-refractivity contribution >= 4 is 11.9 Å². The average molecular weight is 550 g/mol. The molecule has 3 heterocycles. The van der Waals surface area contributed by atoms with E-state index in [2.05, 4.69) is 27.7 Å². The van der Waals surface area contributed by atoms with Crippen LogP contribution in [-0.2, 0) is 38.1 Å². The van der Waals surface area contributed by atoms with Crippen LogP contribution in [0.1, 0.15) is 73.0 Å². The molecule has 3 fully saturated rings. The molecule has 10 nitrogen and oxygen atoms in total. The minimum absolute atomic E-state index is 0.140. The molecule has 1 aromatic carbocycles. The van der Waals surface area contributed by atoms with Gasteiger partial charge in [-0.2, -0.15) is 5.06 Å². The van der Waals surface area contributed by atoms with Gasteiger partial charge in [-0.05, 0) is 66.2 Å². The van der Waals surface area contributed by atoms with Crippen LogP contribution in [0.4, 0.5) is 0 Å². The van der Waals surface area contributed by atoms with E-state index in [0.29, 0.717) is 19.4 Å². The molecular formula is C29H43NO9. The monoisotopic (exact) mass is 549 g/mol. The van der Waals surface area contributed by atoms with Crippen LogP contribution in [0.3, 0.4) is 0 Å². The van der Waals surface area contributed by atoms with E-state index in [-0.39, 0.29) is 38.6 Å². The van der Waals surface area contributed by atoms with Gasteiger partial charge >= 0.3 is 11.9 Å². The smallest absolute Gasteiger partial charge is 0.328 e. The number of benzene rings is 1.